The second-order valence-electron chi connectivity index (χ2n) is 6.06. The first-order valence-corrected chi connectivity index (χ1v) is 8.28. The van der Waals surface area contributed by atoms with E-state index in [2.05, 4.69) is 4.98 Å². The third kappa shape index (κ3) is 4.35. The second-order valence-corrected chi connectivity index (χ2v) is 6.06. The second kappa shape index (κ2) is 7.79. The van der Waals surface area contributed by atoms with E-state index in [-0.39, 0.29) is 11.8 Å². The zero-order chi connectivity index (χ0) is 17.6. The molecule has 1 saturated heterocycles. The van der Waals surface area contributed by atoms with Crippen molar-refractivity contribution in [1.29, 1.82) is 0 Å². The Morgan fingerprint density at radius 1 is 1.12 bits per heavy atom. The zero-order valence-electron chi connectivity index (χ0n) is 13.8. The van der Waals surface area contributed by atoms with Crippen LogP contribution in [0, 0.1) is 5.92 Å². The molecule has 25 heavy (non-hydrogen) atoms. The molecule has 0 saturated carbocycles. The number of hydrogen-bond donors (Lipinski definition) is 1. The monoisotopic (exact) mass is 340 g/mol. The number of piperidine rings is 1. The number of hydrogen-bond acceptors (Lipinski definition) is 4. The van der Waals surface area contributed by atoms with Gasteiger partial charge in [0.25, 0.3) is 5.91 Å². The van der Waals surface area contributed by atoms with Gasteiger partial charge >= 0.3 is 5.97 Å². The number of benzene rings is 1. The average molecular weight is 340 g/mol. The van der Waals surface area contributed by atoms with Crippen LogP contribution >= 0.6 is 0 Å². The molecule has 1 aliphatic rings. The molecule has 0 spiro atoms. The van der Waals surface area contributed by atoms with Gasteiger partial charge in [-0.15, -0.1) is 0 Å². The number of rotatable bonds is 5. The molecule has 0 aliphatic carbocycles. The molecule has 1 aliphatic heterocycles. The number of carboxylic acids is 1. The number of carbonyl (C=O) groups excluding carboxylic acids is 1. The van der Waals surface area contributed by atoms with Gasteiger partial charge in [0.2, 0.25) is 5.88 Å². The number of carboxylic acid groups (broad SMARTS) is 1. The average Bonchev–Trinajstić information content (AvgIpc) is 2.67. The predicted octanol–water partition coefficient (Wildman–Crippen LogP) is 2.60. The largest absolute Gasteiger partial charge is 0.481 e. The van der Waals surface area contributed by atoms with Gasteiger partial charge in [-0.2, -0.15) is 0 Å². The highest BCUT2D eigenvalue weighted by Crippen LogP contribution is 2.19. The van der Waals surface area contributed by atoms with E-state index < -0.39 is 5.97 Å². The standard InChI is InChI=1S/C19H20N2O4/c22-18(21-10-8-15(9-11-21)19(23)24)16-6-7-17(20-12-16)25-13-14-4-2-1-3-5-14/h1-7,12,15H,8-11,13H2,(H,23,24). The fourth-order valence-electron chi connectivity index (χ4n) is 2.84. The summed E-state index contributed by atoms with van der Waals surface area (Å²) >= 11 is 0. The lowest BCUT2D eigenvalue weighted by Crippen LogP contribution is -2.40. The summed E-state index contributed by atoms with van der Waals surface area (Å²) in [4.78, 5) is 29.3. The van der Waals surface area contributed by atoms with Crippen LogP contribution in [0.1, 0.15) is 28.8 Å². The maximum atomic E-state index is 12.5. The van der Waals surface area contributed by atoms with Crippen LogP contribution < -0.4 is 4.74 Å². The fraction of sp³-hybridized carbons (Fsp3) is 0.316. The smallest absolute Gasteiger partial charge is 0.306 e. The van der Waals surface area contributed by atoms with E-state index in [1.54, 1.807) is 17.0 Å². The lowest BCUT2D eigenvalue weighted by Gasteiger charge is -2.30. The minimum absolute atomic E-state index is 0.119. The van der Waals surface area contributed by atoms with Crippen LogP contribution in [-0.2, 0) is 11.4 Å². The molecule has 130 valence electrons. The van der Waals surface area contributed by atoms with Gasteiger partial charge in [-0.25, -0.2) is 4.98 Å². The topological polar surface area (TPSA) is 79.7 Å². The Hall–Kier alpha value is -2.89. The highest BCUT2D eigenvalue weighted by Gasteiger charge is 2.27. The van der Waals surface area contributed by atoms with Crippen LogP contribution in [-0.4, -0.2) is 40.0 Å². The normalized spacial score (nSPS) is 15.0. The molecule has 0 radical (unpaired) electrons. The SMILES string of the molecule is O=C(O)C1CCN(C(=O)c2ccc(OCc3ccccc3)nc2)CC1. The molecule has 1 aromatic heterocycles. The minimum Gasteiger partial charge on any atom is -0.481 e. The molecule has 2 aromatic rings. The van der Waals surface area contributed by atoms with Crippen molar-refractivity contribution in [2.45, 2.75) is 19.4 Å². The van der Waals surface area contributed by atoms with Crippen molar-refractivity contribution < 1.29 is 19.4 Å². The molecule has 1 N–H and O–H groups in total. The Bertz CT molecular complexity index is 723. The minimum atomic E-state index is -0.784. The Morgan fingerprint density at radius 3 is 2.44 bits per heavy atom. The number of amides is 1. The first kappa shape index (κ1) is 17.0. The van der Waals surface area contributed by atoms with Crippen LogP contribution in [0.2, 0.25) is 0 Å². The fourth-order valence-corrected chi connectivity index (χ4v) is 2.84. The van der Waals surface area contributed by atoms with Crippen molar-refractivity contribution >= 4 is 11.9 Å². The van der Waals surface area contributed by atoms with Crippen LogP contribution in [0.3, 0.4) is 0 Å². The van der Waals surface area contributed by atoms with Crippen LogP contribution in [0.5, 0.6) is 5.88 Å². The summed E-state index contributed by atoms with van der Waals surface area (Å²) in [6.07, 6.45) is 2.49. The highest BCUT2D eigenvalue weighted by atomic mass is 16.5. The number of pyridine rings is 1. The lowest BCUT2D eigenvalue weighted by molar-refractivity contribution is -0.143. The molecule has 1 fully saturated rings. The summed E-state index contributed by atoms with van der Waals surface area (Å²) in [7, 11) is 0. The van der Waals surface area contributed by atoms with Gasteiger partial charge in [0, 0.05) is 25.4 Å². The van der Waals surface area contributed by atoms with E-state index >= 15 is 0 Å². The van der Waals surface area contributed by atoms with E-state index in [4.69, 9.17) is 9.84 Å². The summed E-state index contributed by atoms with van der Waals surface area (Å²) in [6.45, 7) is 1.34. The molecule has 2 heterocycles. The summed E-state index contributed by atoms with van der Waals surface area (Å²) in [6, 6.07) is 13.2. The molecule has 1 amide bonds. The molecule has 0 atom stereocenters. The Labute approximate surface area is 146 Å². The molecule has 6 heteroatoms. The number of carbonyl (C=O) groups is 2. The number of ether oxygens (including phenoxy) is 1. The van der Waals surface area contributed by atoms with E-state index in [0.717, 1.165) is 5.56 Å². The predicted molar refractivity (Wildman–Crippen MR) is 91.3 cm³/mol. The van der Waals surface area contributed by atoms with Crippen molar-refractivity contribution in [3.05, 3.63) is 59.8 Å². The van der Waals surface area contributed by atoms with Crippen molar-refractivity contribution in [1.82, 2.24) is 9.88 Å². The number of aromatic nitrogens is 1. The van der Waals surface area contributed by atoms with Crippen molar-refractivity contribution in [2.24, 2.45) is 5.92 Å². The maximum Gasteiger partial charge on any atom is 0.306 e. The number of aliphatic carboxylic acids is 1. The highest BCUT2D eigenvalue weighted by molar-refractivity contribution is 5.94. The van der Waals surface area contributed by atoms with Crippen molar-refractivity contribution in [3.63, 3.8) is 0 Å². The van der Waals surface area contributed by atoms with Gasteiger partial charge in [-0.1, -0.05) is 30.3 Å². The van der Waals surface area contributed by atoms with Crippen molar-refractivity contribution in [2.75, 3.05) is 13.1 Å². The Kier molecular flexibility index (Phi) is 5.28. The van der Waals surface area contributed by atoms with Crippen LogP contribution in [0.15, 0.2) is 48.7 Å². The summed E-state index contributed by atoms with van der Waals surface area (Å²) in [5.41, 5.74) is 1.53. The molecular formula is C19H20N2O4. The molecular weight excluding hydrogens is 320 g/mol. The quantitative estimate of drug-likeness (QED) is 0.905. The molecule has 1 aromatic carbocycles. The number of likely N-dealkylation sites (tertiary alicyclic amines) is 1. The molecule has 6 nitrogen and oxygen atoms in total. The third-order valence-corrected chi connectivity index (χ3v) is 4.34. The van der Waals surface area contributed by atoms with Gasteiger partial charge in [0.05, 0.1) is 11.5 Å². The molecule has 0 bridgehead atoms. The summed E-state index contributed by atoms with van der Waals surface area (Å²) < 4.78 is 5.61. The number of nitrogens with zero attached hydrogens (tertiary/aromatic N) is 2. The van der Waals surface area contributed by atoms with E-state index in [1.165, 1.54) is 6.20 Å². The first-order valence-electron chi connectivity index (χ1n) is 8.28. The zero-order valence-corrected chi connectivity index (χ0v) is 13.8. The van der Waals surface area contributed by atoms with E-state index in [0.29, 0.717) is 44.0 Å². The van der Waals surface area contributed by atoms with E-state index in [9.17, 15) is 9.59 Å². The Morgan fingerprint density at radius 2 is 1.84 bits per heavy atom. The van der Waals surface area contributed by atoms with Gasteiger partial charge in [-0.3, -0.25) is 9.59 Å². The molecule has 0 unspecified atom stereocenters. The van der Waals surface area contributed by atoms with Gasteiger partial charge in [0.15, 0.2) is 0 Å². The Balaban J connectivity index is 1.55. The van der Waals surface area contributed by atoms with Crippen LogP contribution in [0.25, 0.3) is 0 Å². The molecule has 3 rings (SSSR count). The van der Waals surface area contributed by atoms with Gasteiger partial charge in [0.1, 0.15) is 6.61 Å². The first-order chi connectivity index (χ1) is 12.1. The lowest BCUT2D eigenvalue weighted by atomic mass is 9.97. The summed E-state index contributed by atoms with van der Waals surface area (Å²) in [5.74, 6) is -0.791. The van der Waals surface area contributed by atoms with Crippen molar-refractivity contribution in [3.8, 4) is 5.88 Å². The third-order valence-electron chi connectivity index (χ3n) is 4.34. The van der Waals surface area contributed by atoms with E-state index in [1.807, 2.05) is 30.3 Å². The van der Waals surface area contributed by atoms with Crippen LogP contribution in [0.4, 0.5) is 0 Å². The summed E-state index contributed by atoms with van der Waals surface area (Å²) in [5, 5.41) is 9.02. The van der Waals surface area contributed by atoms with Gasteiger partial charge in [-0.05, 0) is 24.5 Å². The van der Waals surface area contributed by atoms with Gasteiger partial charge < -0.3 is 14.7 Å². The maximum absolute atomic E-state index is 12.5.